The predicted molar refractivity (Wildman–Crippen MR) is 120 cm³/mol. The number of aryl methyl sites for hydroxylation is 1. The lowest BCUT2D eigenvalue weighted by molar-refractivity contribution is -0.132. The smallest absolute Gasteiger partial charge is 0.236 e. The van der Waals surface area contributed by atoms with E-state index >= 15 is 0 Å². The van der Waals surface area contributed by atoms with Gasteiger partial charge in [0.15, 0.2) is 0 Å². The van der Waals surface area contributed by atoms with Crippen LogP contribution in [-0.2, 0) is 22.4 Å². The second-order valence-corrected chi connectivity index (χ2v) is 9.11. The molecule has 0 unspecified atom stereocenters. The zero-order chi connectivity index (χ0) is 21.5. The van der Waals surface area contributed by atoms with Gasteiger partial charge in [-0.2, -0.15) is 5.26 Å². The van der Waals surface area contributed by atoms with Crippen molar-refractivity contribution < 1.29 is 9.59 Å². The molecule has 2 heterocycles. The van der Waals surface area contributed by atoms with Crippen LogP contribution in [0.25, 0.3) is 0 Å². The first-order valence-electron chi connectivity index (χ1n) is 11.1. The summed E-state index contributed by atoms with van der Waals surface area (Å²) in [7, 11) is 0. The van der Waals surface area contributed by atoms with E-state index in [1.54, 1.807) is 11.3 Å². The standard InChI is InChI=1S/C22H33N5O2S/c1-3-27(4-2)21(29)16-26-13-11-25(12-14-26)10-9-20(28)24-22-18(15-23)17-7-5-6-8-19(17)30-22/h3-14,16H2,1-2H3,(H,24,28). The highest BCUT2D eigenvalue weighted by atomic mass is 32.1. The third-order valence-corrected chi connectivity index (χ3v) is 7.34. The summed E-state index contributed by atoms with van der Waals surface area (Å²) >= 11 is 1.58. The number of hydrogen-bond acceptors (Lipinski definition) is 6. The topological polar surface area (TPSA) is 79.7 Å². The molecule has 3 rings (SSSR count). The molecule has 0 spiro atoms. The van der Waals surface area contributed by atoms with Crippen molar-refractivity contribution in [3.63, 3.8) is 0 Å². The van der Waals surface area contributed by atoms with Crippen LogP contribution in [0.5, 0.6) is 0 Å². The number of carbonyl (C=O) groups excluding carboxylic acids is 2. The molecule has 1 aromatic heterocycles. The molecule has 1 saturated heterocycles. The van der Waals surface area contributed by atoms with Gasteiger partial charge >= 0.3 is 0 Å². The Bertz CT molecular complexity index is 788. The van der Waals surface area contributed by atoms with Crippen molar-refractivity contribution >= 4 is 28.2 Å². The number of piperazine rings is 1. The van der Waals surface area contributed by atoms with Crippen LogP contribution < -0.4 is 5.32 Å². The maximum atomic E-state index is 12.5. The first-order chi connectivity index (χ1) is 14.5. The highest BCUT2D eigenvalue weighted by Gasteiger charge is 2.23. The largest absolute Gasteiger partial charge is 0.342 e. The van der Waals surface area contributed by atoms with Crippen molar-refractivity contribution in [3.05, 3.63) is 16.0 Å². The van der Waals surface area contributed by atoms with Gasteiger partial charge < -0.3 is 15.1 Å². The number of amides is 2. The van der Waals surface area contributed by atoms with Crippen LogP contribution in [0.1, 0.15) is 49.1 Å². The zero-order valence-corrected chi connectivity index (χ0v) is 19.0. The second kappa shape index (κ2) is 10.9. The van der Waals surface area contributed by atoms with Gasteiger partial charge in [-0.3, -0.25) is 14.5 Å². The minimum Gasteiger partial charge on any atom is -0.342 e. The number of fused-ring (bicyclic) bond motifs is 1. The van der Waals surface area contributed by atoms with Crippen molar-refractivity contribution in [2.24, 2.45) is 0 Å². The Morgan fingerprint density at radius 2 is 1.77 bits per heavy atom. The number of carbonyl (C=O) groups is 2. The van der Waals surface area contributed by atoms with Gasteiger partial charge in [0.05, 0.1) is 12.1 Å². The first-order valence-corrected chi connectivity index (χ1v) is 11.9. The Labute approximate surface area is 183 Å². The van der Waals surface area contributed by atoms with Crippen LogP contribution in [0.3, 0.4) is 0 Å². The summed E-state index contributed by atoms with van der Waals surface area (Å²) in [6, 6.07) is 2.30. The fraction of sp³-hybridized carbons (Fsp3) is 0.682. The van der Waals surface area contributed by atoms with Gasteiger partial charge in [0.1, 0.15) is 11.1 Å². The maximum Gasteiger partial charge on any atom is 0.236 e. The summed E-state index contributed by atoms with van der Waals surface area (Å²) in [5.74, 6) is 0.170. The van der Waals surface area contributed by atoms with Gasteiger partial charge in [0.2, 0.25) is 11.8 Å². The van der Waals surface area contributed by atoms with E-state index in [0.717, 1.165) is 75.5 Å². The van der Waals surface area contributed by atoms with Crippen molar-refractivity contribution in [3.8, 4) is 6.07 Å². The van der Waals surface area contributed by atoms with Crippen molar-refractivity contribution in [1.82, 2.24) is 14.7 Å². The van der Waals surface area contributed by atoms with Crippen LogP contribution in [0, 0.1) is 11.3 Å². The molecule has 0 atom stereocenters. The van der Waals surface area contributed by atoms with Gasteiger partial charge in [0.25, 0.3) is 0 Å². The highest BCUT2D eigenvalue weighted by molar-refractivity contribution is 7.16. The van der Waals surface area contributed by atoms with Crippen LogP contribution in [0.4, 0.5) is 5.00 Å². The fourth-order valence-corrected chi connectivity index (χ4v) is 5.52. The number of nitrogens with zero attached hydrogens (tertiary/aromatic N) is 4. The highest BCUT2D eigenvalue weighted by Crippen LogP contribution is 2.37. The molecule has 2 amide bonds. The quantitative estimate of drug-likeness (QED) is 0.683. The average Bonchev–Trinajstić information content (AvgIpc) is 3.11. The number of likely N-dealkylation sites (N-methyl/N-ethyl adjacent to an activating group) is 1. The molecular weight excluding hydrogens is 398 g/mol. The molecule has 8 heteroatoms. The number of nitrogens with one attached hydrogen (secondary N) is 1. The van der Waals surface area contributed by atoms with E-state index < -0.39 is 0 Å². The number of anilines is 1. The molecule has 0 aromatic carbocycles. The normalized spacial score (nSPS) is 17.2. The number of rotatable bonds is 8. The summed E-state index contributed by atoms with van der Waals surface area (Å²) in [5, 5.41) is 13.2. The second-order valence-electron chi connectivity index (χ2n) is 8.01. The Morgan fingerprint density at radius 3 is 2.43 bits per heavy atom. The number of thiophene rings is 1. The Kier molecular flexibility index (Phi) is 8.25. The van der Waals surface area contributed by atoms with E-state index in [4.69, 9.17) is 0 Å². The number of nitriles is 1. The molecule has 0 radical (unpaired) electrons. The van der Waals surface area contributed by atoms with Gasteiger partial charge in [-0.1, -0.05) is 0 Å². The third-order valence-electron chi connectivity index (χ3n) is 6.13. The summed E-state index contributed by atoms with van der Waals surface area (Å²) in [6.07, 6.45) is 4.68. The molecule has 164 valence electrons. The van der Waals surface area contributed by atoms with Crippen molar-refractivity contribution in [1.29, 1.82) is 5.26 Å². The molecule has 0 saturated carbocycles. The van der Waals surface area contributed by atoms with E-state index in [1.807, 2.05) is 18.7 Å². The molecular formula is C22H33N5O2S. The van der Waals surface area contributed by atoms with Crippen LogP contribution in [0.2, 0.25) is 0 Å². The van der Waals surface area contributed by atoms with Crippen LogP contribution >= 0.6 is 11.3 Å². The molecule has 1 aliphatic heterocycles. The lowest BCUT2D eigenvalue weighted by atomic mass is 9.96. The van der Waals surface area contributed by atoms with E-state index in [2.05, 4.69) is 21.2 Å². The first kappa shape index (κ1) is 22.7. The fourth-order valence-electron chi connectivity index (χ4n) is 4.26. The minimum atomic E-state index is -0.0239. The predicted octanol–water partition coefficient (Wildman–Crippen LogP) is 2.31. The van der Waals surface area contributed by atoms with E-state index in [1.165, 1.54) is 4.88 Å². The Hall–Kier alpha value is -1.95. The summed E-state index contributed by atoms with van der Waals surface area (Å²) in [5.41, 5.74) is 1.83. The third kappa shape index (κ3) is 5.60. The SMILES string of the molecule is CCN(CC)C(=O)CN1CCN(CCC(=O)Nc2sc3c(c2C#N)CCCC3)CC1. The maximum absolute atomic E-state index is 12.5. The molecule has 7 nitrogen and oxygen atoms in total. The molecule has 1 fully saturated rings. The molecule has 30 heavy (non-hydrogen) atoms. The van der Waals surface area contributed by atoms with Crippen LogP contribution in [-0.4, -0.2) is 78.9 Å². The van der Waals surface area contributed by atoms with Crippen molar-refractivity contribution in [2.45, 2.75) is 46.0 Å². The molecule has 1 N–H and O–H groups in total. The van der Waals surface area contributed by atoms with Gasteiger partial charge in [-0.15, -0.1) is 11.3 Å². The van der Waals surface area contributed by atoms with E-state index in [-0.39, 0.29) is 11.8 Å². The lowest BCUT2D eigenvalue weighted by Gasteiger charge is -2.35. The lowest BCUT2D eigenvalue weighted by Crippen LogP contribution is -2.50. The molecule has 2 aliphatic rings. The van der Waals surface area contributed by atoms with E-state index in [9.17, 15) is 14.9 Å². The minimum absolute atomic E-state index is 0.0239. The number of hydrogen-bond donors (Lipinski definition) is 1. The molecule has 1 aliphatic carbocycles. The van der Waals surface area contributed by atoms with Crippen LogP contribution in [0.15, 0.2) is 0 Å². The van der Waals surface area contributed by atoms with Gasteiger partial charge in [-0.05, 0) is 45.1 Å². The summed E-state index contributed by atoms with van der Waals surface area (Å²) in [4.78, 5) is 32.4. The van der Waals surface area contributed by atoms with Gasteiger partial charge in [0, 0.05) is 57.1 Å². The molecule has 0 bridgehead atoms. The Balaban J connectivity index is 1.42. The summed E-state index contributed by atoms with van der Waals surface area (Å²) < 4.78 is 0. The monoisotopic (exact) mass is 431 g/mol. The molecule has 1 aromatic rings. The average molecular weight is 432 g/mol. The Morgan fingerprint density at radius 1 is 1.10 bits per heavy atom. The van der Waals surface area contributed by atoms with Crippen molar-refractivity contribution in [2.75, 3.05) is 57.7 Å². The summed E-state index contributed by atoms with van der Waals surface area (Å²) in [6.45, 7) is 10.2. The zero-order valence-electron chi connectivity index (χ0n) is 18.2. The van der Waals surface area contributed by atoms with E-state index in [0.29, 0.717) is 25.1 Å². The van der Waals surface area contributed by atoms with Gasteiger partial charge in [-0.25, -0.2) is 0 Å².